The van der Waals surface area contributed by atoms with Gasteiger partial charge in [-0.1, -0.05) is 41.9 Å². The molecule has 102 valence electrons. The van der Waals surface area contributed by atoms with Crippen LogP contribution in [0.5, 0.6) is 0 Å². The summed E-state index contributed by atoms with van der Waals surface area (Å²) < 4.78 is 6.86. The number of ether oxygens (including phenoxy) is 1. The molecule has 0 aromatic heterocycles. The smallest absolute Gasteiger partial charge is 0.0661 e. The lowest BCUT2D eigenvalue weighted by molar-refractivity contribution is 0.112. The molecule has 0 saturated carbocycles. The average molecular weight is 314 g/mol. The number of nitrogens with one attached hydrogen (secondary N) is 1. The molecule has 0 aliphatic carbocycles. The molecule has 0 saturated heterocycles. The van der Waals surface area contributed by atoms with Crippen molar-refractivity contribution in [1.82, 2.24) is 5.32 Å². The normalized spacial score (nSPS) is 12.7. The third-order valence-corrected chi connectivity index (χ3v) is 3.49. The quantitative estimate of drug-likeness (QED) is 0.725. The van der Waals surface area contributed by atoms with Gasteiger partial charge >= 0.3 is 0 Å². The van der Waals surface area contributed by atoms with Gasteiger partial charge in [0.1, 0.15) is 0 Å². The van der Waals surface area contributed by atoms with Crippen LogP contribution in [0, 0.1) is 6.92 Å². The molecular weight excluding hydrogens is 290 g/mol. The van der Waals surface area contributed by atoms with Crippen molar-refractivity contribution in [3.63, 3.8) is 0 Å². The maximum Gasteiger partial charge on any atom is 0.0661 e. The van der Waals surface area contributed by atoms with Crippen LogP contribution in [-0.2, 0) is 4.74 Å². The van der Waals surface area contributed by atoms with E-state index in [0.717, 1.165) is 37.1 Å². The van der Waals surface area contributed by atoms with Crippen molar-refractivity contribution in [2.24, 2.45) is 0 Å². The third kappa shape index (κ3) is 5.09. The maximum atomic E-state index is 5.70. The highest BCUT2D eigenvalue weighted by atomic mass is 79.9. The Morgan fingerprint density at radius 1 is 1.28 bits per heavy atom. The van der Waals surface area contributed by atoms with E-state index in [1.165, 1.54) is 11.1 Å². The molecule has 0 radical (unpaired) electrons. The van der Waals surface area contributed by atoms with Crippen molar-refractivity contribution >= 4 is 15.9 Å². The Kier molecular flexibility index (Phi) is 7.56. The fourth-order valence-electron chi connectivity index (χ4n) is 1.84. The summed E-state index contributed by atoms with van der Waals surface area (Å²) in [6.07, 6.45) is 2.20. The second-order valence-corrected chi connectivity index (χ2v) is 5.46. The van der Waals surface area contributed by atoms with Gasteiger partial charge in [0, 0.05) is 11.1 Å². The van der Waals surface area contributed by atoms with Gasteiger partial charge < -0.3 is 10.1 Å². The molecule has 1 aromatic carbocycles. The second kappa shape index (κ2) is 8.68. The first-order valence-electron chi connectivity index (χ1n) is 6.76. The monoisotopic (exact) mass is 313 g/mol. The predicted octanol–water partition coefficient (Wildman–Crippen LogP) is 4.22. The average Bonchev–Trinajstić information content (AvgIpc) is 2.34. The van der Waals surface area contributed by atoms with E-state index in [1.54, 1.807) is 0 Å². The van der Waals surface area contributed by atoms with Gasteiger partial charge in [-0.2, -0.15) is 0 Å². The van der Waals surface area contributed by atoms with Crippen LogP contribution in [0.4, 0.5) is 0 Å². The van der Waals surface area contributed by atoms with Crippen LogP contribution < -0.4 is 5.32 Å². The molecule has 0 bridgehead atoms. The van der Waals surface area contributed by atoms with Crippen LogP contribution in [0.15, 0.2) is 22.7 Å². The molecule has 3 heteroatoms. The summed E-state index contributed by atoms with van der Waals surface area (Å²) >= 11 is 3.65. The molecule has 1 atom stereocenters. The molecule has 18 heavy (non-hydrogen) atoms. The maximum absolute atomic E-state index is 5.70. The first-order valence-corrected chi connectivity index (χ1v) is 7.55. The molecule has 0 heterocycles. The number of aryl methyl sites for hydroxylation is 1. The highest BCUT2D eigenvalue weighted by Gasteiger charge is 2.13. The number of benzene rings is 1. The van der Waals surface area contributed by atoms with Crippen molar-refractivity contribution in [3.8, 4) is 0 Å². The Morgan fingerprint density at radius 2 is 2.06 bits per heavy atom. The van der Waals surface area contributed by atoms with Crippen molar-refractivity contribution < 1.29 is 4.74 Å². The molecule has 1 aromatic rings. The van der Waals surface area contributed by atoms with E-state index in [4.69, 9.17) is 4.74 Å². The van der Waals surface area contributed by atoms with Crippen LogP contribution in [-0.4, -0.2) is 19.8 Å². The van der Waals surface area contributed by atoms with Crippen molar-refractivity contribution in [2.75, 3.05) is 19.8 Å². The molecule has 0 fully saturated rings. The van der Waals surface area contributed by atoms with Gasteiger partial charge in [0.05, 0.1) is 12.6 Å². The lowest BCUT2D eigenvalue weighted by Crippen LogP contribution is -2.26. The summed E-state index contributed by atoms with van der Waals surface area (Å²) in [6, 6.07) is 6.77. The van der Waals surface area contributed by atoms with Gasteiger partial charge in [-0.25, -0.2) is 0 Å². The van der Waals surface area contributed by atoms with E-state index in [9.17, 15) is 0 Å². The SMILES string of the molecule is CCCNC(COCCC)c1ccc(C)cc1Br. The zero-order valence-corrected chi connectivity index (χ0v) is 13.2. The molecule has 1 unspecified atom stereocenters. The second-order valence-electron chi connectivity index (χ2n) is 4.61. The Balaban J connectivity index is 2.73. The number of hydrogen-bond acceptors (Lipinski definition) is 2. The lowest BCUT2D eigenvalue weighted by Gasteiger charge is -2.20. The Hall–Kier alpha value is -0.380. The highest BCUT2D eigenvalue weighted by molar-refractivity contribution is 9.10. The molecule has 0 aliphatic rings. The van der Waals surface area contributed by atoms with Gasteiger partial charge in [0.25, 0.3) is 0 Å². The van der Waals surface area contributed by atoms with E-state index in [2.05, 4.69) is 60.2 Å². The van der Waals surface area contributed by atoms with E-state index >= 15 is 0 Å². The van der Waals surface area contributed by atoms with Gasteiger partial charge in [-0.05, 0) is 43.5 Å². The molecule has 0 spiro atoms. The van der Waals surface area contributed by atoms with E-state index in [-0.39, 0.29) is 6.04 Å². The number of halogens is 1. The first-order chi connectivity index (χ1) is 8.69. The van der Waals surface area contributed by atoms with Crippen LogP contribution in [0.25, 0.3) is 0 Å². The minimum Gasteiger partial charge on any atom is -0.379 e. The highest BCUT2D eigenvalue weighted by Crippen LogP contribution is 2.25. The Morgan fingerprint density at radius 3 is 2.67 bits per heavy atom. The standard InChI is InChI=1S/C15H24BrNO/c1-4-8-17-15(11-18-9-5-2)13-7-6-12(3)10-14(13)16/h6-7,10,15,17H,4-5,8-9,11H2,1-3H3. The molecule has 0 amide bonds. The summed E-state index contributed by atoms with van der Waals surface area (Å²) in [5.41, 5.74) is 2.56. The minimum atomic E-state index is 0.270. The minimum absolute atomic E-state index is 0.270. The van der Waals surface area contributed by atoms with Gasteiger partial charge in [-0.15, -0.1) is 0 Å². The summed E-state index contributed by atoms with van der Waals surface area (Å²) in [5, 5.41) is 3.55. The van der Waals surface area contributed by atoms with Crippen LogP contribution in [0.3, 0.4) is 0 Å². The predicted molar refractivity (Wildman–Crippen MR) is 81.0 cm³/mol. The van der Waals surface area contributed by atoms with Crippen molar-refractivity contribution in [3.05, 3.63) is 33.8 Å². The van der Waals surface area contributed by atoms with E-state index < -0.39 is 0 Å². The summed E-state index contributed by atoms with van der Waals surface area (Å²) in [4.78, 5) is 0. The van der Waals surface area contributed by atoms with Gasteiger partial charge in [0.2, 0.25) is 0 Å². The fraction of sp³-hybridized carbons (Fsp3) is 0.600. The molecule has 1 rings (SSSR count). The van der Waals surface area contributed by atoms with Gasteiger partial charge in [-0.3, -0.25) is 0 Å². The zero-order valence-electron chi connectivity index (χ0n) is 11.6. The van der Waals surface area contributed by atoms with Crippen molar-refractivity contribution in [1.29, 1.82) is 0 Å². The summed E-state index contributed by atoms with van der Waals surface area (Å²) in [6.45, 7) is 9.00. The number of hydrogen-bond donors (Lipinski definition) is 1. The Bertz CT molecular complexity index is 354. The fourth-order valence-corrected chi connectivity index (χ4v) is 2.61. The zero-order chi connectivity index (χ0) is 13.4. The van der Waals surface area contributed by atoms with Crippen molar-refractivity contribution in [2.45, 2.75) is 39.7 Å². The lowest BCUT2D eigenvalue weighted by atomic mass is 10.1. The topological polar surface area (TPSA) is 21.3 Å². The van der Waals surface area contributed by atoms with Crippen LogP contribution in [0.2, 0.25) is 0 Å². The van der Waals surface area contributed by atoms with Crippen LogP contribution >= 0.6 is 15.9 Å². The first kappa shape index (κ1) is 15.7. The molecule has 0 aliphatic heterocycles. The Labute approximate surface area is 119 Å². The van der Waals surface area contributed by atoms with Gasteiger partial charge in [0.15, 0.2) is 0 Å². The van der Waals surface area contributed by atoms with Crippen LogP contribution in [0.1, 0.15) is 43.9 Å². The molecule has 1 N–H and O–H groups in total. The molecule has 2 nitrogen and oxygen atoms in total. The summed E-state index contributed by atoms with van der Waals surface area (Å²) in [5.74, 6) is 0. The van der Waals surface area contributed by atoms with E-state index in [0.29, 0.717) is 0 Å². The number of rotatable bonds is 8. The third-order valence-electron chi connectivity index (χ3n) is 2.81. The van der Waals surface area contributed by atoms with E-state index in [1.807, 2.05) is 0 Å². The largest absolute Gasteiger partial charge is 0.379 e. The summed E-state index contributed by atoms with van der Waals surface area (Å²) in [7, 11) is 0. The molecular formula is C15H24BrNO.